The first-order valence-corrected chi connectivity index (χ1v) is 8.71. The van der Waals surface area contributed by atoms with Crippen molar-refractivity contribution in [2.24, 2.45) is 0 Å². The highest BCUT2D eigenvalue weighted by molar-refractivity contribution is 5.98. The number of amides is 1. The molecule has 0 aromatic heterocycles. The third-order valence-electron chi connectivity index (χ3n) is 4.46. The van der Waals surface area contributed by atoms with Gasteiger partial charge < -0.3 is 14.8 Å². The van der Waals surface area contributed by atoms with Crippen LogP contribution in [0.15, 0.2) is 24.3 Å². The van der Waals surface area contributed by atoms with E-state index in [-0.39, 0.29) is 25.3 Å². The van der Waals surface area contributed by atoms with Gasteiger partial charge in [-0.25, -0.2) is 4.79 Å². The number of hydrogen-bond donors (Lipinski definition) is 1. The highest BCUT2D eigenvalue weighted by Gasteiger charge is 2.66. The van der Waals surface area contributed by atoms with E-state index in [4.69, 9.17) is 9.47 Å². The Balaban J connectivity index is 2.42. The number of esters is 1. The summed E-state index contributed by atoms with van der Waals surface area (Å²) in [4.78, 5) is 26.0. The van der Waals surface area contributed by atoms with Gasteiger partial charge in [0.2, 0.25) is 0 Å². The standard InChI is InChI=1S/C18H23F3N2O4/c1-3-27-16(25)17(18(19,20)21,23-11-5-4-6-12-23)22-15(24)13-7-9-14(26-2)10-8-13/h7-10H,3-6,11-12H2,1-2H3,(H,22,24)/t17-/m1/s1. The fraction of sp³-hybridized carbons (Fsp3) is 0.556. The Kier molecular flexibility index (Phi) is 6.69. The molecule has 1 aromatic carbocycles. The van der Waals surface area contributed by atoms with E-state index in [1.165, 1.54) is 38.3 Å². The van der Waals surface area contributed by atoms with Crippen molar-refractivity contribution in [3.8, 4) is 5.75 Å². The van der Waals surface area contributed by atoms with Crippen LogP contribution >= 0.6 is 0 Å². The molecule has 1 aromatic rings. The summed E-state index contributed by atoms with van der Waals surface area (Å²) in [6, 6.07) is 5.57. The zero-order chi connectivity index (χ0) is 20.1. The molecule has 0 unspecified atom stereocenters. The Morgan fingerprint density at radius 1 is 1.11 bits per heavy atom. The average molecular weight is 388 g/mol. The second-order valence-corrected chi connectivity index (χ2v) is 6.16. The van der Waals surface area contributed by atoms with Crippen molar-refractivity contribution >= 4 is 11.9 Å². The van der Waals surface area contributed by atoms with Crippen molar-refractivity contribution in [2.75, 3.05) is 26.8 Å². The molecule has 9 heteroatoms. The number of nitrogens with zero attached hydrogens (tertiary/aromatic N) is 1. The molecule has 0 aliphatic carbocycles. The quantitative estimate of drug-likeness (QED) is 0.759. The topological polar surface area (TPSA) is 67.9 Å². The van der Waals surface area contributed by atoms with E-state index in [1.807, 2.05) is 5.32 Å². The SMILES string of the molecule is CCOC(=O)[C@@](NC(=O)c1ccc(OC)cc1)(N1CCCCC1)C(F)(F)F. The normalized spacial score (nSPS) is 17.7. The second-order valence-electron chi connectivity index (χ2n) is 6.16. The molecule has 1 saturated heterocycles. The van der Waals surface area contributed by atoms with E-state index in [2.05, 4.69) is 0 Å². The van der Waals surface area contributed by atoms with Crippen LogP contribution in [0.3, 0.4) is 0 Å². The molecule has 0 radical (unpaired) electrons. The van der Waals surface area contributed by atoms with Gasteiger partial charge in [-0.15, -0.1) is 0 Å². The predicted octanol–water partition coefficient (Wildman–Crippen LogP) is 2.73. The van der Waals surface area contributed by atoms with Gasteiger partial charge in [0.25, 0.3) is 11.6 Å². The number of methoxy groups -OCH3 is 1. The maximum atomic E-state index is 14.2. The number of likely N-dealkylation sites (tertiary alicyclic amines) is 1. The first-order valence-electron chi connectivity index (χ1n) is 8.71. The van der Waals surface area contributed by atoms with Gasteiger partial charge in [-0.05, 0) is 44.0 Å². The van der Waals surface area contributed by atoms with Gasteiger partial charge in [0, 0.05) is 18.7 Å². The number of halogens is 3. The molecule has 2 rings (SSSR count). The first kappa shape index (κ1) is 21.0. The number of piperidine rings is 1. The van der Waals surface area contributed by atoms with Crippen LogP contribution in [0.25, 0.3) is 0 Å². The van der Waals surface area contributed by atoms with Crippen LogP contribution in [0.2, 0.25) is 0 Å². The van der Waals surface area contributed by atoms with Gasteiger partial charge in [0.15, 0.2) is 0 Å². The number of rotatable bonds is 6. The van der Waals surface area contributed by atoms with E-state index in [0.29, 0.717) is 18.6 Å². The molecule has 1 atom stereocenters. The van der Waals surface area contributed by atoms with Crippen LogP contribution in [-0.4, -0.2) is 55.4 Å². The molecule has 1 heterocycles. The fourth-order valence-electron chi connectivity index (χ4n) is 3.07. The van der Waals surface area contributed by atoms with Crippen LogP contribution in [0.5, 0.6) is 5.75 Å². The van der Waals surface area contributed by atoms with Crippen molar-refractivity contribution < 1.29 is 32.2 Å². The number of hydrogen-bond acceptors (Lipinski definition) is 5. The molecule has 0 saturated carbocycles. The summed E-state index contributed by atoms with van der Waals surface area (Å²) < 4.78 is 52.2. The zero-order valence-electron chi connectivity index (χ0n) is 15.3. The van der Waals surface area contributed by atoms with Crippen LogP contribution in [0.4, 0.5) is 13.2 Å². The summed E-state index contributed by atoms with van der Waals surface area (Å²) in [6.07, 6.45) is -3.30. The van der Waals surface area contributed by atoms with Crippen LogP contribution < -0.4 is 10.1 Å². The molecule has 27 heavy (non-hydrogen) atoms. The van der Waals surface area contributed by atoms with Gasteiger partial charge in [-0.1, -0.05) is 6.42 Å². The Bertz CT molecular complexity index is 658. The van der Waals surface area contributed by atoms with Crippen molar-refractivity contribution in [3.63, 3.8) is 0 Å². The highest BCUT2D eigenvalue weighted by Crippen LogP contribution is 2.37. The Morgan fingerprint density at radius 2 is 1.70 bits per heavy atom. The fourth-order valence-corrected chi connectivity index (χ4v) is 3.07. The lowest BCUT2D eigenvalue weighted by atomic mass is 10.0. The summed E-state index contributed by atoms with van der Waals surface area (Å²) in [5, 5.41) is 1.93. The lowest BCUT2D eigenvalue weighted by Gasteiger charge is -2.44. The summed E-state index contributed by atoms with van der Waals surface area (Å²) in [5.74, 6) is -2.09. The zero-order valence-corrected chi connectivity index (χ0v) is 15.3. The Labute approximate surface area is 155 Å². The maximum absolute atomic E-state index is 14.2. The number of alkyl halides is 3. The van der Waals surface area contributed by atoms with E-state index in [9.17, 15) is 22.8 Å². The number of nitrogens with one attached hydrogen (secondary N) is 1. The van der Waals surface area contributed by atoms with E-state index >= 15 is 0 Å². The molecule has 1 fully saturated rings. The predicted molar refractivity (Wildman–Crippen MR) is 91.3 cm³/mol. The Morgan fingerprint density at radius 3 is 2.19 bits per heavy atom. The van der Waals surface area contributed by atoms with Crippen LogP contribution in [0.1, 0.15) is 36.5 Å². The first-order chi connectivity index (χ1) is 12.8. The summed E-state index contributed by atoms with van der Waals surface area (Å²) in [5.41, 5.74) is -3.24. The van der Waals surface area contributed by atoms with E-state index < -0.39 is 23.7 Å². The molecule has 1 amide bonds. The number of ether oxygens (including phenoxy) is 2. The molecule has 1 aliphatic heterocycles. The van der Waals surface area contributed by atoms with Gasteiger partial charge in [-0.3, -0.25) is 9.69 Å². The maximum Gasteiger partial charge on any atom is 0.436 e. The molecular weight excluding hydrogens is 365 g/mol. The number of carbonyl (C=O) groups excluding carboxylic acids is 2. The van der Waals surface area contributed by atoms with Gasteiger partial charge in [0.05, 0.1) is 13.7 Å². The molecule has 150 valence electrons. The van der Waals surface area contributed by atoms with Crippen molar-refractivity contribution in [3.05, 3.63) is 29.8 Å². The molecule has 1 N–H and O–H groups in total. The smallest absolute Gasteiger partial charge is 0.436 e. The third kappa shape index (κ3) is 4.35. The monoisotopic (exact) mass is 388 g/mol. The molecule has 0 bridgehead atoms. The van der Waals surface area contributed by atoms with Crippen LogP contribution in [-0.2, 0) is 9.53 Å². The average Bonchev–Trinajstić information content (AvgIpc) is 2.65. The van der Waals surface area contributed by atoms with Crippen LogP contribution in [0, 0.1) is 0 Å². The summed E-state index contributed by atoms with van der Waals surface area (Å²) >= 11 is 0. The molecular formula is C18H23F3N2O4. The van der Waals surface area contributed by atoms with Gasteiger partial charge in [0.1, 0.15) is 5.75 Å². The van der Waals surface area contributed by atoms with E-state index in [1.54, 1.807) is 0 Å². The second kappa shape index (κ2) is 8.60. The molecule has 6 nitrogen and oxygen atoms in total. The molecule has 1 aliphatic rings. The third-order valence-corrected chi connectivity index (χ3v) is 4.46. The lowest BCUT2D eigenvalue weighted by Crippen LogP contribution is -2.74. The minimum Gasteiger partial charge on any atom is -0.497 e. The summed E-state index contributed by atoms with van der Waals surface area (Å²) in [7, 11) is 1.43. The minimum absolute atomic E-state index is 0.0225. The highest BCUT2D eigenvalue weighted by atomic mass is 19.4. The largest absolute Gasteiger partial charge is 0.497 e. The summed E-state index contributed by atoms with van der Waals surface area (Å²) in [6.45, 7) is 1.24. The van der Waals surface area contributed by atoms with E-state index in [0.717, 1.165) is 11.3 Å². The van der Waals surface area contributed by atoms with Crippen molar-refractivity contribution in [2.45, 2.75) is 38.0 Å². The Hall–Kier alpha value is -2.29. The number of benzene rings is 1. The van der Waals surface area contributed by atoms with Crippen molar-refractivity contribution in [1.82, 2.24) is 10.2 Å². The lowest BCUT2D eigenvalue weighted by molar-refractivity contribution is -0.248. The number of carbonyl (C=O) groups is 2. The van der Waals surface area contributed by atoms with Gasteiger partial charge >= 0.3 is 12.1 Å². The van der Waals surface area contributed by atoms with Crippen molar-refractivity contribution in [1.29, 1.82) is 0 Å². The minimum atomic E-state index is -5.06. The molecule has 0 spiro atoms. The van der Waals surface area contributed by atoms with Gasteiger partial charge in [-0.2, -0.15) is 13.2 Å².